The molecule has 0 fully saturated rings. The second-order valence-corrected chi connectivity index (χ2v) is 45.6. The average Bonchev–Trinajstić information content (AvgIpc) is 1.63. The van der Waals surface area contributed by atoms with Crippen LogP contribution >= 0.6 is 0 Å². The van der Waals surface area contributed by atoms with E-state index in [0.29, 0.717) is 0 Å². The highest BCUT2D eigenvalue weighted by molar-refractivity contribution is 7.00. The van der Waals surface area contributed by atoms with Gasteiger partial charge in [0.05, 0.1) is 28.4 Å². The molecular formula is C119H122B2N4O2. The Labute approximate surface area is 755 Å². The molecule has 0 amide bonds. The molecule has 0 saturated carbocycles. The fourth-order valence-corrected chi connectivity index (χ4v) is 22.6. The molecule has 0 spiro atoms. The van der Waals surface area contributed by atoms with Crippen molar-refractivity contribution in [2.45, 2.75) is 241 Å². The number of furan rings is 2. The Morgan fingerprint density at radius 1 is 0.276 bits per heavy atom. The molecule has 0 N–H and O–H groups in total. The number of hydrogen-bond acceptors (Lipinski definition) is 6. The first-order valence-corrected chi connectivity index (χ1v) is 46.8. The minimum atomic E-state index is -0.570. The molecule has 0 bridgehead atoms. The summed E-state index contributed by atoms with van der Waals surface area (Å²) in [6, 6.07) is 99.9. The van der Waals surface area contributed by atoms with Crippen LogP contribution in [0.1, 0.15) is 245 Å². The summed E-state index contributed by atoms with van der Waals surface area (Å²) in [6.45, 7) is 56.7. The zero-order valence-electron chi connectivity index (χ0n) is 79.3. The lowest BCUT2D eigenvalue weighted by molar-refractivity contribution is 0.332. The highest BCUT2D eigenvalue weighted by atomic mass is 16.3. The Morgan fingerprint density at radius 2 is 0.646 bits per heavy atom. The largest absolute Gasteiger partial charge is 0.468 e. The molecule has 0 atom stereocenters. The zero-order valence-corrected chi connectivity index (χ0v) is 79.3. The summed E-state index contributed by atoms with van der Waals surface area (Å²) in [5.41, 5.74) is 43.8. The molecule has 636 valence electrons. The second kappa shape index (κ2) is 28.1. The fourth-order valence-electron chi connectivity index (χ4n) is 22.6. The van der Waals surface area contributed by atoms with Crippen LogP contribution < -0.4 is 52.8 Å². The molecule has 0 radical (unpaired) electrons. The Balaban J connectivity index is 0.796. The molecule has 6 heterocycles. The Hall–Kier alpha value is -11.7. The van der Waals surface area contributed by atoms with E-state index in [2.05, 4.69) is 441 Å². The van der Waals surface area contributed by atoms with E-state index >= 15 is 0 Å². The summed E-state index contributed by atoms with van der Waals surface area (Å²) >= 11 is 0. The standard InChI is InChI=1S/C119H122B2N4O2/c1-71-57-98-104-99(58-71)123(83-47-41-77(42-48-83)111(3,4)5)108-89-68-91-93(118(21,22)56-54-116(91,17)18)70-103(89)127-110(108)121(104)95-66-81(46-52-96(95)122(98)85-40-32-37-75(62-85)73-33-27-25-28-34-73)119(23,24)80-39-31-38-76(61-80)87-64-82(114(12,13)14)63-86(74-35-29-26-30-36-74)106(87)125-97-51-45-79(113(9,10)11)65-94(97)120-105-100(59-72(2)60-101(105)125)124(84-49-43-78(44-50-84)112(6,7)8)107-88-67-90-92(69-102(88)126-109(107)120)117(19,20)55-53-115(90,15)16/h25-52,57-70H,53-56H2,1-24H3. The monoisotopic (exact) mass is 1660 g/mol. The smallest absolute Gasteiger partial charge is 0.297 e. The van der Waals surface area contributed by atoms with Crippen molar-refractivity contribution in [1.82, 2.24) is 0 Å². The molecule has 8 heteroatoms. The van der Waals surface area contributed by atoms with Crippen molar-refractivity contribution in [1.29, 1.82) is 0 Å². The zero-order chi connectivity index (χ0) is 89.0. The number of benzene rings is 13. The van der Waals surface area contributed by atoms with Gasteiger partial charge in [0.25, 0.3) is 13.4 Å². The number of nitrogens with zero attached hydrogens (tertiary/aromatic N) is 4. The van der Waals surface area contributed by atoms with E-state index in [1.54, 1.807) is 0 Å². The van der Waals surface area contributed by atoms with Gasteiger partial charge >= 0.3 is 0 Å². The third-order valence-corrected chi connectivity index (χ3v) is 30.5. The minimum absolute atomic E-state index is 0.0242. The van der Waals surface area contributed by atoms with Crippen molar-refractivity contribution in [3.05, 3.63) is 322 Å². The van der Waals surface area contributed by atoms with Gasteiger partial charge in [0.2, 0.25) is 0 Å². The normalized spacial score (nSPS) is 16.4. The first-order valence-electron chi connectivity index (χ1n) is 46.8. The van der Waals surface area contributed by atoms with Gasteiger partial charge in [-0.15, -0.1) is 0 Å². The van der Waals surface area contributed by atoms with Crippen molar-refractivity contribution < 1.29 is 8.83 Å². The van der Waals surface area contributed by atoms with Crippen LogP contribution in [0.25, 0.3) is 55.3 Å². The lowest BCUT2D eigenvalue weighted by atomic mass is 9.35. The van der Waals surface area contributed by atoms with E-state index in [0.717, 1.165) is 127 Å². The number of rotatable bonds is 9. The fraction of sp³-hybridized carbons (Fsp3) is 0.311. The van der Waals surface area contributed by atoms with Gasteiger partial charge in [-0.2, -0.15) is 0 Å². The Morgan fingerprint density at radius 3 is 1.11 bits per heavy atom. The van der Waals surface area contributed by atoms with Gasteiger partial charge in [-0.1, -0.05) is 298 Å². The molecule has 21 rings (SSSR count). The van der Waals surface area contributed by atoms with E-state index in [1.807, 2.05) is 0 Å². The minimum Gasteiger partial charge on any atom is -0.468 e. The maximum absolute atomic E-state index is 7.93. The van der Waals surface area contributed by atoms with E-state index in [-0.39, 0.29) is 56.7 Å². The van der Waals surface area contributed by atoms with Crippen LogP contribution in [-0.2, 0) is 48.7 Å². The summed E-state index contributed by atoms with van der Waals surface area (Å²) in [7, 11) is 0. The quantitative estimate of drug-likeness (QED) is 0.134. The van der Waals surface area contributed by atoms with E-state index in [9.17, 15) is 0 Å². The topological polar surface area (TPSA) is 39.2 Å². The maximum Gasteiger partial charge on any atom is 0.297 e. The van der Waals surface area contributed by atoms with Gasteiger partial charge in [0, 0.05) is 78.5 Å². The van der Waals surface area contributed by atoms with Crippen molar-refractivity contribution in [3.63, 3.8) is 0 Å². The lowest BCUT2D eigenvalue weighted by Gasteiger charge is -2.44. The Kier molecular flexibility index (Phi) is 18.2. The van der Waals surface area contributed by atoms with Gasteiger partial charge in [-0.05, 0) is 303 Å². The van der Waals surface area contributed by atoms with E-state index < -0.39 is 5.41 Å². The van der Waals surface area contributed by atoms with Crippen LogP contribution in [0.4, 0.5) is 68.2 Å². The maximum atomic E-state index is 7.93. The van der Waals surface area contributed by atoms with Crippen LogP contribution in [0.15, 0.2) is 264 Å². The highest BCUT2D eigenvalue weighted by Gasteiger charge is 2.52. The van der Waals surface area contributed by atoms with Crippen LogP contribution in [0.3, 0.4) is 0 Å². The van der Waals surface area contributed by atoms with Gasteiger partial charge in [-0.3, -0.25) is 0 Å². The van der Waals surface area contributed by atoms with Crippen LogP contribution in [-0.4, -0.2) is 13.4 Å². The molecule has 6 aliphatic rings. The third kappa shape index (κ3) is 13.0. The molecule has 127 heavy (non-hydrogen) atoms. The summed E-state index contributed by atoms with van der Waals surface area (Å²) in [5.74, 6) is 0. The van der Waals surface area contributed by atoms with Gasteiger partial charge in [0.15, 0.2) is 0 Å². The van der Waals surface area contributed by atoms with Gasteiger partial charge in [0.1, 0.15) is 11.2 Å². The molecule has 0 saturated heterocycles. The molecule has 15 aromatic rings. The summed E-state index contributed by atoms with van der Waals surface area (Å²) < 4.78 is 15.8. The summed E-state index contributed by atoms with van der Waals surface area (Å²) in [5, 5.41) is 2.33. The van der Waals surface area contributed by atoms with Crippen molar-refractivity contribution in [2.24, 2.45) is 0 Å². The number of hydrogen-bond donors (Lipinski definition) is 0. The van der Waals surface area contributed by atoms with Crippen LogP contribution in [0.2, 0.25) is 0 Å². The molecule has 2 aromatic heterocycles. The van der Waals surface area contributed by atoms with Crippen molar-refractivity contribution >= 4 is 137 Å². The Bertz CT molecular complexity index is 7060. The lowest BCUT2D eigenvalue weighted by Crippen LogP contribution is -2.61. The second-order valence-electron chi connectivity index (χ2n) is 45.6. The van der Waals surface area contributed by atoms with Gasteiger partial charge < -0.3 is 28.4 Å². The number of aryl methyl sites for hydroxylation is 2. The third-order valence-electron chi connectivity index (χ3n) is 30.5. The van der Waals surface area contributed by atoms with E-state index in [1.165, 1.54) is 122 Å². The summed E-state index contributed by atoms with van der Waals surface area (Å²) in [4.78, 5) is 10.5. The molecule has 6 nitrogen and oxygen atoms in total. The predicted octanol–water partition coefficient (Wildman–Crippen LogP) is 29.2. The first-order chi connectivity index (χ1) is 60.0. The number of anilines is 12. The van der Waals surface area contributed by atoms with Gasteiger partial charge in [-0.25, -0.2) is 0 Å². The molecule has 0 unspecified atom stereocenters. The SMILES string of the molecule is Cc1cc2c3c(c1)N(c1ccc(C(C)(C)C)cc1)c1c(oc4cc5c(cc14)C(C)(C)CCC5(C)C)B3c1cc(C(C)(C)c3cccc(-c4cc(C(C)(C)C)cc(-c5ccccc5)c4N4c5ccc(C(C)(C)C)cc5B5c6oc7cc8c(cc7c6N(c6ccc(C(C)(C)C)cc6)c6cc(C)cc4c65)C(C)(C)CCC8(C)C)c3)ccc1N2c1cccc(-c2ccccc2)c1. The molecule has 4 aliphatic heterocycles. The molecular weight excluding hydrogens is 1540 g/mol. The molecule has 2 aliphatic carbocycles. The number of fused-ring (bicyclic) bond motifs is 14. The van der Waals surface area contributed by atoms with Crippen molar-refractivity contribution in [3.8, 4) is 33.4 Å². The van der Waals surface area contributed by atoms with Crippen molar-refractivity contribution in [2.75, 3.05) is 19.6 Å². The molecule has 13 aromatic carbocycles. The van der Waals surface area contributed by atoms with Crippen LogP contribution in [0, 0.1) is 13.8 Å². The predicted molar refractivity (Wildman–Crippen MR) is 544 cm³/mol. The van der Waals surface area contributed by atoms with E-state index in [4.69, 9.17) is 8.83 Å². The highest BCUT2D eigenvalue weighted by Crippen LogP contribution is 2.58. The summed E-state index contributed by atoms with van der Waals surface area (Å²) in [6.07, 6.45) is 4.45. The van der Waals surface area contributed by atoms with Crippen LogP contribution in [0.5, 0.6) is 0 Å². The average molecular weight is 1660 g/mol. The first kappa shape index (κ1) is 82.3.